The zero-order valence-electron chi connectivity index (χ0n) is 9.97. The van der Waals surface area contributed by atoms with Crippen molar-refractivity contribution in [2.24, 2.45) is 0 Å². The molecule has 0 saturated heterocycles. The summed E-state index contributed by atoms with van der Waals surface area (Å²) in [4.78, 5) is 16.0. The van der Waals surface area contributed by atoms with E-state index in [0.29, 0.717) is 10.7 Å². The summed E-state index contributed by atoms with van der Waals surface area (Å²) in [6.45, 7) is 0. The second-order valence-electron chi connectivity index (χ2n) is 3.71. The Bertz CT molecular complexity index is 592. The first kappa shape index (κ1) is 14.1. The number of hydrogen-bond donors (Lipinski definition) is 2. The average Bonchev–Trinajstić information content (AvgIpc) is 2.40. The van der Waals surface area contributed by atoms with E-state index in [1.54, 1.807) is 18.3 Å². The van der Waals surface area contributed by atoms with Crippen LogP contribution in [0, 0.1) is 3.57 Å². The molecule has 2 rings (SSSR count). The van der Waals surface area contributed by atoms with Gasteiger partial charge in [-0.1, -0.05) is 23.9 Å². The Morgan fingerprint density at radius 3 is 2.84 bits per heavy atom. The quantitative estimate of drug-likeness (QED) is 0.627. The Morgan fingerprint density at radius 2 is 2.11 bits per heavy atom. The first-order valence-electron chi connectivity index (χ1n) is 5.54. The summed E-state index contributed by atoms with van der Waals surface area (Å²) in [6.07, 6.45) is 1.66. The lowest BCUT2D eigenvalue weighted by atomic mass is 10.3. The van der Waals surface area contributed by atoms with Crippen LogP contribution in [0.25, 0.3) is 0 Å². The number of pyridine rings is 1. The van der Waals surface area contributed by atoms with Crippen molar-refractivity contribution in [2.75, 3.05) is 16.8 Å². The summed E-state index contributed by atoms with van der Waals surface area (Å²) in [7, 11) is 0. The molecule has 1 aromatic carbocycles. The number of anilines is 2. The highest BCUT2D eigenvalue weighted by molar-refractivity contribution is 14.1. The van der Waals surface area contributed by atoms with Gasteiger partial charge in [-0.3, -0.25) is 4.79 Å². The van der Waals surface area contributed by atoms with Gasteiger partial charge in [0, 0.05) is 9.77 Å². The number of aromatic nitrogens is 1. The number of nitrogens with two attached hydrogens (primary N) is 1. The number of nitrogen functional groups attached to an aromatic ring is 1. The smallest absolute Gasteiger partial charge is 0.234 e. The van der Waals surface area contributed by atoms with Gasteiger partial charge in [0.05, 0.1) is 17.1 Å². The largest absolute Gasteiger partial charge is 0.397 e. The van der Waals surface area contributed by atoms with E-state index >= 15 is 0 Å². The van der Waals surface area contributed by atoms with Crippen molar-refractivity contribution in [3.63, 3.8) is 0 Å². The summed E-state index contributed by atoms with van der Waals surface area (Å²) in [5.41, 5.74) is 7.18. The van der Waals surface area contributed by atoms with E-state index in [4.69, 9.17) is 5.73 Å². The van der Waals surface area contributed by atoms with Crippen LogP contribution in [-0.2, 0) is 4.79 Å². The third-order valence-corrected chi connectivity index (χ3v) is 4.25. The number of nitrogens with zero attached hydrogens (tertiary/aromatic N) is 1. The fraction of sp³-hybridized carbons (Fsp3) is 0.0769. The van der Waals surface area contributed by atoms with Gasteiger partial charge in [0.25, 0.3) is 0 Å². The first-order chi connectivity index (χ1) is 9.16. The lowest BCUT2D eigenvalue weighted by molar-refractivity contribution is -0.113. The minimum Gasteiger partial charge on any atom is -0.397 e. The van der Waals surface area contributed by atoms with Crippen molar-refractivity contribution in [1.29, 1.82) is 0 Å². The zero-order valence-corrected chi connectivity index (χ0v) is 12.9. The van der Waals surface area contributed by atoms with Crippen molar-refractivity contribution in [3.8, 4) is 0 Å². The number of amides is 1. The molecule has 0 bridgehead atoms. The number of rotatable bonds is 4. The number of thioether (sulfide) groups is 1. The lowest BCUT2D eigenvalue weighted by Gasteiger charge is -2.07. The SMILES string of the molecule is Nc1cccnc1SCC(=O)Nc1ccccc1I. The Balaban J connectivity index is 1.92. The maximum Gasteiger partial charge on any atom is 0.234 e. The molecule has 6 heteroatoms. The summed E-state index contributed by atoms with van der Waals surface area (Å²) in [5.74, 6) is 0.214. The molecule has 98 valence electrons. The fourth-order valence-corrected chi connectivity index (χ4v) is 2.64. The van der Waals surface area contributed by atoms with Gasteiger partial charge in [-0.15, -0.1) is 0 Å². The van der Waals surface area contributed by atoms with E-state index in [1.165, 1.54) is 11.8 Å². The normalized spacial score (nSPS) is 10.2. The Morgan fingerprint density at radius 1 is 1.32 bits per heavy atom. The molecule has 4 nitrogen and oxygen atoms in total. The summed E-state index contributed by atoms with van der Waals surface area (Å²) >= 11 is 3.51. The Kier molecular flexibility index (Phi) is 5.03. The van der Waals surface area contributed by atoms with Gasteiger partial charge < -0.3 is 11.1 Å². The highest BCUT2D eigenvalue weighted by Gasteiger charge is 2.07. The third-order valence-electron chi connectivity index (χ3n) is 2.29. The maximum absolute atomic E-state index is 11.8. The van der Waals surface area contributed by atoms with Crippen LogP contribution in [0.15, 0.2) is 47.6 Å². The maximum atomic E-state index is 11.8. The van der Waals surface area contributed by atoms with Gasteiger partial charge in [-0.25, -0.2) is 4.98 Å². The highest BCUT2D eigenvalue weighted by atomic mass is 127. The number of halogens is 1. The van der Waals surface area contributed by atoms with E-state index < -0.39 is 0 Å². The van der Waals surface area contributed by atoms with Crippen LogP contribution >= 0.6 is 34.4 Å². The number of para-hydroxylation sites is 1. The van der Waals surface area contributed by atoms with E-state index in [-0.39, 0.29) is 11.7 Å². The topological polar surface area (TPSA) is 68.0 Å². The third kappa shape index (κ3) is 4.10. The van der Waals surface area contributed by atoms with Crippen LogP contribution in [0.4, 0.5) is 11.4 Å². The number of carbonyl (C=O) groups is 1. The van der Waals surface area contributed by atoms with E-state index in [1.807, 2.05) is 24.3 Å². The van der Waals surface area contributed by atoms with Crippen LogP contribution in [0.1, 0.15) is 0 Å². The molecule has 0 aliphatic heterocycles. The molecule has 1 heterocycles. The highest BCUT2D eigenvalue weighted by Crippen LogP contribution is 2.22. The molecule has 0 fully saturated rings. The van der Waals surface area contributed by atoms with E-state index in [2.05, 4.69) is 32.9 Å². The molecule has 0 unspecified atom stereocenters. The summed E-state index contributed by atoms with van der Waals surface area (Å²) in [6, 6.07) is 11.2. The standard InChI is InChI=1S/C13H12IN3OS/c14-9-4-1-2-6-11(9)17-12(18)8-19-13-10(15)5-3-7-16-13/h1-7H,8,15H2,(H,17,18). The summed E-state index contributed by atoms with van der Waals surface area (Å²) in [5, 5.41) is 3.54. The monoisotopic (exact) mass is 385 g/mol. The Hall–Kier alpha value is -1.28. The molecule has 19 heavy (non-hydrogen) atoms. The van der Waals surface area contributed by atoms with Gasteiger partial charge >= 0.3 is 0 Å². The van der Waals surface area contributed by atoms with Gasteiger partial charge in [-0.05, 0) is 46.9 Å². The summed E-state index contributed by atoms with van der Waals surface area (Å²) < 4.78 is 1.01. The van der Waals surface area contributed by atoms with Crippen molar-refractivity contribution < 1.29 is 4.79 Å². The molecular weight excluding hydrogens is 373 g/mol. The predicted octanol–water partition coefficient (Wildman–Crippen LogP) is 3.00. The van der Waals surface area contributed by atoms with Crippen molar-refractivity contribution in [2.45, 2.75) is 5.03 Å². The van der Waals surface area contributed by atoms with Crippen LogP contribution < -0.4 is 11.1 Å². The molecule has 2 aromatic rings. The van der Waals surface area contributed by atoms with Gasteiger partial charge in [-0.2, -0.15) is 0 Å². The average molecular weight is 385 g/mol. The molecule has 0 atom stereocenters. The molecule has 0 saturated carbocycles. The fourth-order valence-electron chi connectivity index (χ4n) is 1.41. The molecule has 1 aromatic heterocycles. The minimum absolute atomic E-state index is 0.0702. The van der Waals surface area contributed by atoms with Crippen LogP contribution in [0.3, 0.4) is 0 Å². The number of hydrogen-bond acceptors (Lipinski definition) is 4. The van der Waals surface area contributed by atoms with Crippen LogP contribution in [0.5, 0.6) is 0 Å². The van der Waals surface area contributed by atoms with Gasteiger partial charge in [0.2, 0.25) is 5.91 Å². The minimum atomic E-state index is -0.0702. The van der Waals surface area contributed by atoms with Gasteiger partial charge in [0.1, 0.15) is 5.03 Å². The van der Waals surface area contributed by atoms with Gasteiger partial charge in [0.15, 0.2) is 0 Å². The van der Waals surface area contributed by atoms with Crippen molar-refractivity contribution >= 4 is 51.6 Å². The second-order valence-corrected chi connectivity index (χ2v) is 5.84. The van der Waals surface area contributed by atoms with Crippen molar-refractivity contribution in [3.05, 3.63) is 46.2 Å². The zero-order chi connectivity index (χ0) is 13.7. The lowest BCUT2D eigenvalue weighted by Crippen LogP contribution is -2.15. The van der Waals surface area contributed by atoms with Crippen LogP contribution in [-0.4, -0.2) is 16.6 Å². The van der Waals surface area contributed by atoms with E-state index in [9.17, 15) is 4.79 Å². The van der Waals surface area contributed by atoms with Crippen molar-refractivity contribution in [1.82, 2.24) is 4.98 Å². The number of carbonyl (C=O) groups excluding carboxylic acids is 1. The second kappa shape index (κ2) is 6.76. The molecule has 1 amide bonds. The number of nitrogens with one attached hydrogen (secondary N) is 1. The Labute approximate surface area is 129 Å². The number of benzene rings is 1. The van der Waals surface area contributed by atoms with Crippen LogP contribution in [0.2, 0.25) is 0 Å². The molecule has 3 N–H and O–H groups in total. The molecule has 0 radical (unpaired) electrons. The molecular formula is C13H12IN3OS. The molecule has 0 aliphatic rings. The van der Waals surface area contributed by atoms with E-state index in [0.717, 1.165) is 9.26 Å². The first-order valence-corrected chi connectivity index (χ1v) is 7.61. The molecule has 0 spiro atoms. The predicted molar refractivity (Wildman–Crippen MR) is 87.2 cm³/mol. The molecule has 0 aliphatic carbocycles.